The van der Waals surface area contributed by atoms with Crippen molar-refractivity contribution >= 4 is 11.8 Å². The van der Waals surface area contributed by atoms with E-state index in [1.807, 2.05) is 6.07 Å². The molecule has 0 saturated heterocycles. The van der Waals surface area contributed by atoms with Gasteiger partial charge in [-0.15, -0.1) is 0 Å². The lowest BCUT2D eigenvalue weighted by atomic mass is 10.1. The molecule has 0 heterocycles. The summed E-state index contributed by atoms with van der Waals surface area (Å²) in [6.45, 7) is -0.321. The zero-order valence-electron chi connectivity index (χ0n) is 12.4. The van der Waals surface area contributed by atoms with Gasteiger partial charge in [0, 0.05) is 11.6 Å². The van der Waals surface area contributed by atoms with E-state index in [1.54, 1.807) is 36.4 Å². The summed E-state index contributed by atoms with van der Waals surface area (Å²) >= 11 is 0. The molecule has 2 aromatic rings. The third-order valence-electron chi connectivity index (χ3n) is 3.06. The predicted octanol–water partition coefficient (Wildman–Crippen LogP) is 2.74. The Balaban J connectivity index is 2.05. The lowest BCUT2D eigenvalue weighted by Crippen LogP contribution is -2.15. The van der Waals surface area contributed by atoms with Crippen molar-refractivity contribution in [3.8, 4) is 11.5 Å². The van der Waals surface area contributed by atoms with Gasteiger partial charge >= 0.3 is 5.97 Å². The first kappa shape index (κ1) is 15.6. The number of Topliss-reactive ketones (excluding diaryl/α,β-unsaturated/α-hetero) is 1. The van der Waals surface area contributed by atoms with Gasteiger partial charge in [0.25, 0.3) is 0 Å². The van der Waals surface area contributed by atoms with Gasteiger partial charge in [-0.3, -0.25) is 4.79 Å². The van der Waals surface area contributed by atoms with Crippen molar-refractivity contribution in [1.29, 1.82) is 0 Å². The minimum Gasteiger partial charge on any atom is -0.497 e. The summed E-state index contributed by atoms with van der Waals surface area (Å²) in [5, 5.41) is 0. The van der Waals surface area contributed by atoms with Crippen LogP contribution in [0.3, 0.4) is 0 Å². The molecule has 0 radical (unpaired) electrons. The summed E-state index contributed by atoms with van der Waals surface area (Å²) in [6.07, 6.45) is 0. The molecule has 22 heavy (non-hydrogen) atoms. The summed E-state index contributed by atoms with van der Waals surface area (Å²) in [7, 11) is 2.96. The van der Waals surface area contributed by atoms with Gasteiger partial charge in [0.1, 0.15) is 17.1 Å². The molecule has 0 N–H and O–H groups in total. The zero-order valence-corrected chi connectivity index (χ0v) is 12.4. The van der Waals surface area contributed by atoms with E-state index in [1.165, 1.54) is 20.3 Å². The molecule has 0 aliphatic heterocycles. The Morgan fingerprint density at radius 2 is 1.68 bits per heavy atom. The van der Waals surface area contributed by atoms with Gasteiger partial charge in [0.2, 0.25) is 0 Å². The number of hydrogen-bond donors (Lipinski definition) is 0. The summed E-state index contributed by atoms with van der Waals surface area (Å²) < 4.78 is 15.2. The Bertz CT molecular complexity index is 664. The maximum atomic E-state index is 12.1. The molecule has 0 spiro atoms. The van der Waals surface area contributed by atoms with Crippen molar-refractivity contribution in [2.24, 2.45) is 0 Å². The highest BCUT2D eigenvalue weighted by atomic mass is 16.5. The summed E-state index contributed by atoms with van der Waals surface area (Å²) in [5.74, 6) is 0.00971. The molecule has 0 atom stereocenters. The van der Waals surface area contributed by atoms with Crippen LogP contribution in [-0.4, -0.2) is 32.6 Å². The summed E-state index contributed by atoms with van der Waals surface area (Å²) in [5.41, 5.74) is 0.737. The number of ketones is 1. The van der Waals surface area contributed by atoms with Crippen molar-refractivity contribution in [1.82, 2.24) is 0 Å². The van der Waals surface area contributed by atoms with Gasteiger partial charge in [-0.05, 0) is 12.1 Å². The van der Waals surface area contributed by atoms with Crippen molar-refractivity contribution in [3.05, 3.63) is 59.7 Å². The molecular formula is C17H16O5. The molecule has 2 rings (SSSR count). The normalized spacial score (nSPS) is 9.91. The van der Waals surface area contributed by atoms with Gasteiger partial charge in [-0.2, -0.15) is 0 Å². The molecule has 0 unspecified atom stereocenters. The molecule has 0 saturated carbocycles. The number of methoxy groups -OCH3 is 2. The fourth-order valence-corrected chi connectivity index (χ4v) is 1.88. The Morgan fingerprint density at radius 3 is 2.32 bits per heavy atom. The van der Waals surface area contributed by atoms with Crippen LogP contribution in [0.5, 0.6) is 11.5 Å². The SMILES string of the molecule is COc1ccc(C(=O)OCC(=O)c2ccccc2)c(OC)c1. The highest BCUT2D eigenvalue weighted by Gasteiger charge is 2.16. The van der Waals surface area contributed by atoms with E-state index in [0.717, 1.165) is 0 Å². The van der Waals surface area contributed by atoms with Crippen LogP contribution in [0, 0.1) is 0 Å². The molecule has 0 aliphatic carbocycles. The molecule has 0 amide bonds. The second kappa shape index (κ2) is 7.26. The summed E-state index contributed by atoms with van der Waals surface area (Å²) in [6, 6.07) is 13.4. The molecule has 0 aromatic heterocycles. The van der Waals surface area contributed by atoms with Crippen LogP contribution in [0.1, 0.15) is 20.7 Å². The zero-order chi connectivity index (χ0) is 15.9. The number of carbonyl (C=O) groups is 2. The lowest BCUT2D eigenvalue weighted by Gasteiger charge is -2.10. The predicted molar refractivity (Wildman–Crippen MR) is 80.6 cm³/mol. The van der Waals surface area contributed by atoms with Crippen LogP contribution < -0.4 is 9.47 Å². The van der Waals surface area contributed by atoms with Gasteiger partial charge in [0.15, 0.2) is 12.4 Å². The maximum absolute atomic E-state index is 12.1. The first-order chi connectivity index (χ1) is 10.7. The summed E-state index contributed by atoms with van der Waals surface area (Å²) in [4.78, 5) is 24.0. The third-order valence-corrected chi connectivity index (χ3v) is 3.06. The number of benzene rings is 2. The number of ether oxygens (including phenoxy) is 3. The van der Waals surface area contributed by atoms with E-state index >= 15 is 0 Å². The van der Waals surface area contributed by atoms with Gasteiger partial charge in [-0.1, -0.05) is 30.3 Å². The van der Waals surface area contributed by atoms with Crippen LogP contribution in [0.2, 0.25) is 0 Å². The highest BCUT2D eigenvalue weighted by Crippen LogP contribution is 2.25. The second-order valence-electron chi connectivity index (χ2n) is 4.43. The Kier molecular flexibility index (Phi) is 5.14. The number of carbonyl (C=O) groups excluding carboxylic acids is 2. The van der Waals surface area contributed by atoms with Gasteiger partial charge < -0.3 is 14.2 Å². The smallest absolute Gasteiger partial charge is 0.342 e. The Hall–Kier alpha value is -2.82. The molecule has 0 aliphatic rings. The molecular weight excluding hydrogens is 284 g/mol. The van der Waals surface area contributed by atoms with E-state index in [4.69, 9.17) is 14.2 Å². The number of rotatable bonds is 6. The van der Waals surface area contributed by atoms with E-state index < -0.39 is 5.97 Å². The third kappa shape index (κ3) is 3.63. The van der Waals surface area contributed by atoms with Crippen LogP contribution in [0.4, 0.5) is 0 Å². The fraction of sp³-hybridized carbons (Fsp3) is 0.176. The second-order valence-corrected chi connectivity index (χ2v) is 4.43. The van der Waals surface area contributed by atoms with Crippen molar-refractivity contribution in [2.45, 2.75) is 0 Å². The number of hydrogen-bond acceptors (Lipinski definition) is 5. The Morgan fingerprint density at radius 1 is 0.955 bits per heavy atom. The van der Waals surface area contributed by atoms with Crippen molar-refractivity contribution < 1.29 is 23.8 Å². The minimum atomic E-state index is -0.621. The average Bonchev–Trinajstić information content (AvgIpc) is 2.59. The molecule has 0 bridgehead atoms. The van der Waals surface area contributed by atoms with Gasteiger partial charge in [0.05, 0.1) is 14.2 Å². The largest absolute Gasteiger partial charge is 0.497 e. The van der Waals surface area contributed by atoms with Crippen molar-refractivity contribution in [3.63, 3.8) is 0 Å². The van der Waals surface area contributed by atoms with Gasteiger partial charge in [-0.25, -0.2) is 4.79 Å². The maximum Gasteiger partial charge on any atom is 0.342 e. The quantitative estimate of drug-likeness (QED) is 0.606. The van der Waals surface area contributed by atoms with E-state index in [9.17, 15) is 9.59 Å². The molecule has 0 fully saturated rings. The van der Waals surface area contributed by atoms with Crippen LogP contribution >= 0.6 is 0 Å². The molecule has 114 valence electrons. The fourth-order valence-electron chi connectivity index (χ4n) is 1.88. The first-order valence-electron chi connectivity index (χ1n) is 6.63. The van der Waals surface area contributed by atoms with Crippen LogP contribution in [-0.2, 0) is 4.74 Å². The minimum absolute atomic E-state index is 0.240. The van der Waals surface area contributed by atoms with Crippen LogP contribution in [0.25, 0.3) is 0 Å². The highest BCUT2D eigenvalue weighted by molar-refractivity contribution is 6.00. The lowest BCUT2D eigenvalue weighted by molar-refractivity contribution is 0.0471. The van der Waals surface area contributed by atoms with Crippen molar-refractivity contribution in [2.75, 3.05) is 20.8 Å². The average molecular weight is 300 g/mol. The number of esters is 1. The Labute approximate surface area is 128 Å². The monoisotopic (exact) mass is 300 g/mol. The first-order valence-corrected chi connectivity index (χ1v) is 6.63. The molecule has 5 nitrogen and oxygen atoms in total. The standard InChI is InChI=1S/C17H16O5/c1-20-13-8-9-14(16(10-13)21-2)17(19)22-11-15(18)12-6-4-3-5-7-12/h3-10H,11H2,1-2H3. The topological polar surface area (TPSA) is 61.8 Å². The molecule has 2 aromatic carbocycles. The van der Waals surface area contributed by atoms with E-state index in [2.05, 4.69) is 0 Å². The van der Waals surface area contributed by atoms with E-state index in [-0.39, 0.29) is 18.0 Å². The molecule has 5 heteroatoms. The van der Waals surface area contributed by atoms with Crippen LogP contribution in [0.15, 0.2) is 48.5 Å². The van der Waals surface area contributed by atoms with E-state index in [0.29, 0.717) is 17.1 Å².